The third kappa shape index (κ3) is 4.44. The number of carbonyl (C=O) groups excluding carboxylic acids is 1. The molecule has 9 heteroatoms. The maximum Gasteiger partial charge on any atom is 0.251 e. The van der Waals surface area contributed by atoms with Gasteiger partial charge >= 0.3 is 0 Å². The molecule has 0 aliphatic rings. The first kappa shape index (κ1) is 19.1. The molecule has 0 aliphatic carbocycles. The zero-order valence-electron chi connectivity index (χ0n) is 14.4. The molecule has 0 unspecified atom stereocenters. The summed E-state index contributed by atoms with van der Waals surface area (Å²) in [4.78, 5) is 11.8. The number of carbonyl (C=O) groups is 1. The van der Waals surface area contributed by atoms with Gasteiger partial charge in [0.1, 0.15) is 0 Å². The van der Waals surface area contributed by atoms with E-state index in [1.54, 1.807) is 24.9 Å². The predicted octanol–water partition coefficient (Wildman–Crippen LogP) is 0.490. The molecule has 1 amide bonds. The van der Waals surface area contributed by atoms with Crippen molar-refractivity contribution in [3.05, 3.63) is 47.3 Å². The minimum Gasteiger partial charge on any atom is -0.395 e. The van der Waals surface area contributed by atoms with Crippen LogP contribution in [0.5, 0.6) is 0 Å². The molecule has 0 spiro atoms. The van der Waals surface area contributed by atoms with Crippen molar-refractivity contribution in [1.29, 1.82) is 0 Å². The largest absolute Gasteiger partial charge is 0.395 e. The average Bonchev–Trinajstić information content (AvgIpc) is 2.91. The Kier molecular flexibility index (Phi) is 5.93. The number of benzene rings is 1. The van der Waals surface area contributed by atoms with Crippen molar-refractivity contribution in [2.45, 2.75) is 24.8 Å². The number of aryl methyl sites for hydroxylation is 1. The van der Waals surface area contributed by atoms with Gasteiger partial charge in [-0.2, -0.15) is 5.10 Å². The van der Waals surface area contributed by atoms with Crippen LogP contribution in [0.15, 0.2) is 35.4 Å². The number of amides is 1. The highest BCUT2D eigenvalue weighted by Gasteiger charge is 2.21. The second-order valence-electron chi connectivity index (χ2n) is 5.66. The number of hydrogen-bond acceptors (Lipinski definition) is 5. The van der Waals surface area contributed by atoms with Crippen molar-refractivity contribution in [2.24, 2.45) is 7.05 Å². The highest BCUT2D eigenvalue weighted by molar-refractivity contribution is 7.89. The number of rotatable bonds is 7. The third-order valence-corrected chi connectivity index (χ3v) is 5.45. The van der Waals surface area contributed by atoms with Crippen LogP contribution in [0.2, 0.25) is 0 Å². The van der Waals surface area contributed by atoms with Gasteiger partial charge in [-0.3, -0.25) is 9.48 Å². The standard InChI is InChI=1S/C16H22N4O4S/c1-11(15-10-18-20(3)12(15)2)19-25(23,24)14-6-4-13(5-7-14)16(22)17-8-9-21/h4-7,10-11,19,21H,8-9H2,1-3H3,(H,17,22)/t11-/m0/s1. The summed E-state index contributed by atoms with van der Waals surface area (Å²) >= 11 is 0. The van der Waals surface area contributed by atoms with Crippen molar-refractivity contribution in [1.82, 2.24) is 19.8 Å². The van der Waals surface area contributed by atoms with E-state index in [0.29, 0.717) is 5.56 Å². The van der Waals surface area contributed by atoms with Gasteiger partial charge in [0, 0.05) is 36.5 Å². The Morgan fingerprint density at radius 1 is 1.32 bits per heavy atom. The molecule has 2 aromatic rings. The van der Waals surface area contributed by atoms with E-state index in [-0.39, 0.29) is 24.0 Å². The number of sulfonamides is 1. The highest BCUT2D eigenvalue weighted by Crippen LogP contribution is 2.19. The number of aliphatic hydroxyl groups is 1. The summed E-state index contributed by atoms with van der Waals surface area (Å²) < 4.78 is 29.3. The molecule has 0 fully saturated rings. The Morgan fingerprint density at radius 3 is 2.48 bits per heavy atom. The smallest absolute Gasteiger partial charge is 0.251 e. The van der Waals surface area contributed by atoms with E-state index in [9.17, 15) is 13.2 Å². The molecule has 1 atom stereocenters. The molecule has 0 bridgehead atoms. The van der Waals surface area contributed by atoms with Gasteiger partial charge in [-0.15, -0.1) is 0 Å². The molecule has 136 valence electrons. The van der Waals surface area contributed by atoms with Crippen LogP contribution in [0.3, 0.4) is 0 Å². The van der Waals surface area contributed by atoms with Crippen LogP contribution < -0.4 is 10.0 Å². The first-order valence-corrected chi connectivity index (χ1v) is 9.24. The second kappa shape index (κ2) is 7.77. The molecule has 0 radical (unpaired) electrons. The summed E-state index contributed by atoms with van der Waals surface area (Å²) in [6.45, 7) is 3.60. The first-order valence-electron chi connectivity index (χ1n) is 7.76. The molecule has 1 aromatic heterocycles. The van der Waals surface area contributed by atoms with E-state index < -0.39 is 16.1 Å². The van der Waals surface area contributed by atoms with Crippen molar-refractivity contribution in [3.8, 4) is 0 Å². The van der Waals surface area contributed by atoms with Crippen LogP contribution in [0.25, 0.3) is 0 Å². The molecule has 0 aliphatic heterocycles. The molecular weight excluding hydrogens is 344 g/mol. The topological polar surface area (TPSA) is 113 Å². The zero-order valence-corrected chi connectivity index (χ0v) is 15.2. The lowest BCUT2D eigenvalue weighted by atomic mass is 10.1. The summed E-state index contributed by atoms with van der Waals surface area (Å²) in [6, 6.07) is 5.17. The van der Waals surface area contributed by atoms with Gasteiger partial charge in [0.25, 0.3) is 5.91 Å². The summed E-state index contributed by atoms with van der Waals surface area (Å²) in [5, 5.41) is 15.3. The highest BCUT2D eigenvalue weighted by atomic mass is 32.2. The molecule has 2 rings (SSSR count). The minimum absolute atomic E-state index is 0.0691. The Morgan fingerprint density at radius 2 is 1.96 bits per heavy atom. The fourth-order valence-electron chi connectivity index (χ4n) is 2.36. The average molecular weight is 366 g/mol. The Bertz CT molecular complexity index is 844. The van der Waals surface area contributed by atoms with Gasteiger partial charge in [-0.25, -0.2) is 13.1 Å². The van der Waals surface area contributed by atoms with Crippen LogP contribution in [0.4, 0.5) is 0 Å². The van der Waals surface area contributed by atoms with Crippen LogP contribution >= 0.6 is 0 Å². The van der Waals surface area contributed by atoms with Gasteiger partial charge in [-0.05, 0) is 38.1 Å². The van der Waals surface area contributed by atoms with Crippen molar-refractivity contribution in [3.63, 3.8) is 0 Å². The first-order chi connectivity index (χ1) is 11.8. The molecule has 1 aromatic carbocycles. The predicted molar refractivity (Wildman–Crippen MR) is 92.5 cm³/mol. The lowest BCUT2D eigenvalue weighted by Crippen LogP contribution is -2.28. The summed E-state index contributed by atoms with van der Waals surface area (Å²) in [7, 11) is -1.94. The van der Waals surface area contributed by atoms with Gasteiger partial charge in [0.2, 0.25) is 10.0 Å². The summed E-state index contributed by atoms with van der Waals surface area (Å²) in [5.41, 5.74) is 2.00. The Labute approximate surface area is 146 Å². The monoisotopic (exact) mass is 366 g/mol. The molecule has 8 nitrogen and oxygen atoms in total. The van der Waals surface area contributed by atoms with Gasteiger partial charge < -0.3 is 10.4 Å². The number of hydrogen-bond donors (Lipinski definition) is 3. The third-order valence-electron chi connectivity index (χ3n) is 3.90. The Balaban J connectivity index is 2.14. The lowest BCUT2D eigenvalue weighted by molar-refractivity contribution is 0.0944. The maximum absolute atomic E-state index is 12.5. The number of aliphatic hydroxyl groups excluding tert-OH is 1. The fourth-order valence-corrected chi connectivity index (χ4v) is 3.58. The van der Waals surface area contributed by atoms with Gasteiger partial charge in [0.15, 0.2) is 0 Å². The molecule has 3 N–H and O–H groups in total. The lowest BCUT2D eigenvalue weighted by Gasteiger charge is -2.14. The van der Waals surface area contributed by atoms with E-state index in [1.807, 2.05) is 6.92 Å². The quantitative estimate of drug-likeness (QED) is 0.660. The van der Waals surface area contributed by atoms with E-state index in [1.165, 1.54) is 24.3 Å². The molecule has 0 saturated heterocycles. The van der Waals surface area contributed by atoms with Crippen molar-refractivity contribution < 1.29 is 18.3 Å². The van der Waals surface area contributed by atoms with E-state index in [0.717, 1.165) is 11.3 Å². The van der Waals surface area contributed by atoms with Crippen molar-refractivity contribution >= 4 is 15.9 Å². The number of nitrogens with one attached hydrogen (secondary N) is 2. The second-order valence-corrected chi connectivity index (χ2v) is 7.37. The molecule has 25 heavy (non-hydrogen) atoms. The Hall–Kier alpha value is -2.23. The van der Waals surface area contributed by atoms with Crippen LogP contribution in [0, 0.1) is 6.92 Å². The maximum atomic E-state index is 12.5. The van der Waals surface area contributed by atoms with E-state index in [2.05, 4.69) is 15.1 Å². The number of aromatic nitrogens is 2. The molecule has 1 heterocycles. The SMILES string of the molecule is Cc1c([C@H](C)NS(=O)(=O)c2ccc(C(=O)NCCO)cc2)cnn1C. The van der Waals surface area contributed by atoms with E-state index >= 15 is 0 Å². The minimum atomic E-state index is -3.73. The normalized spacial score (nSPS) is 12.8. The summed E-state index contributed by atoms with van der Waals surface area (Å²) in [6.07, 6.45) is 1.64. The zero-order chi connectivity index (χ0) is 18.6. The van der Waals surface area contributed by atoms with E-state index in [4.69, 9.17) is 5.11 Å². The number of nitrogens with zero attached hydrogens (tertiary/aromatic N) is 2. The molecule has 0 saturated carbocycles. The van der Waals surface area contributed by atoms with Crippen molar-refractivity contribution in [2.75, 3.05) is 13.2 Å². The van der Waals surface area contributed by atoms with Gasteiger partial charge in [-0.1, -0.05) is 0 Å². The van der Waals surface area contributed by atoms with Crippen LogP contribution in [-0.4, -0.2) is 42.4 Å². The van der Waals surface area contributed by atoms with Gasteiger partial charge in [0.05, 0.1) is 17.7 Å². The molecular formula is C16H22N4O4S. The fraction of sp³-hybridized carbons (Fsp3) is 0.375. The summed E-state index contributed by atoms with van der Waals surface area (Å²) in [5.74, 6) is -0.370. The van der Waals surface area contributed by atoms with Crippen LogP contribution in [-0.2, 0) is 17.1 Å². The van der Waals surface area contributed by atoms with Crippen LogP contribution in [0.1, 0.15) is 34.6 Å².